The van der Waals surface area contributed by atoms with E-state index in [9.17, 15) is 40.4 Å². The van der Waals surface area contributed by atoms with Gasteiger partial charge >= 0.3 is 5.97 Å². The van der Waals surface area contributed by atoms with Gasteiger partial charge in [0.15, 0.2) is 12.6 Å². The number of ether oxygens (including phenoxy) is 6. The summed E-state index contributed by atoms with van der Waals surface area (Å²) in [6.07, 6.45) is -6.72. The van der Waals surface area contributed by atoms with Crippen molar-refractivity contribution in [3.05, 3.63) is 51.8 Å². The first-order valence-corrected chi connectivity index (χ1v) is 25.7. The molecule has 5 rings (SSSR count). The van der Waals surface area contributed by atoms with Crippen LogP contribution < -0.4 is 0 Å². The van der Waals surface area contributed by atoms with Crippen LogP contribution in [0.3, 0.4) is 0 Å². The molecule has 4 heterocycles. The predicted molar refractivity (Wildman–Crippen MR) is 266 cm³/mol. The van der Waals surface area contributed by atoms with Crippen LogP contribution in [0.5, 0.6) is 0 Å². The third-order valence-electron chi connectivity index (χ3n) is 15.7. The summed E-state index contributed by atoms with van der Waals surface area (Å²) in [5.74, 6) is -2.81. The molecule has 0 radical (unpaired) electrons. The highest BCUT2D eigenvalue weighted by atomic mass is 16.7. The molecule has 18 atom stereocenters. The fourth-order valence-electron chi connectivity index (χ4n) is 11.1. The molecule has 1 aromatic heterocycles. The minimum atomic E-state index is -1.84. The van der Waals surface area contributed by atoms with Gasteiger partial charge in [0.1, 0.15) is 30.0 Å². The second-order valence-electron chi connectivity index (χ2n) is 22.1. The average Bonchev–Trinajstić information content (AvgIpc) is 3.79. The van der Waals surface area contributed by atoms with Gasteiger partial charge in [0.2, 0.25) is 0 Å². The number of hydrogen-bond acceptors (Lipinski definition) is 19. The molecular weight excluding hydrogens is 935 g/mol. The maximum absolute atomic E-state index is 14.5. The molecule has 3 fully saturated rings. The first kappa shape index (κ1) is 59.6. The Morgan fingerprint density at radius 2 is 1.62 bits per heavy atom. The van der Waals surface area contributed by atoms with Gasteiger partial charge < -0.3 is 68.7 Å². The van der Waals surface area contributed by atoms with Crippen molar-refractivity contribution in [2.75, 3.05) is 47.9 Å². The largest absolute Gasteiger partial charge is 0.459 e. The maximum atomic E-state index is 14.5. The van der Waals surface area contributed by atoms with Gasteiger partial charge in [0.05, 0.1) is 58.7 Å². The molecule has 5 N–H and O–H groups in total. The second kappa shape index (κ2) is 25.0. The fraction of sp³-hybridized carbons (Fsp3) is 0.824. The van der Waals surface area contributed by atoms with E-state index in [1.807, 2.05) is 53.0 Å². The topological polar surface area (TPSA) is 257 Å². The fourth-order valence-corrected chi connectivity index (χ4v) is 11.1. The zero-order valence-corrected chi connectivity index (χ0v) is 45.2. The van der Waals surface area contributed by atoms with Gasteiger partial charge in [-0.15, -0.1) is 5.10 Å². The minimum Gasteiger partial charge on any atom is -0.459 e. The lowest BCUT2D eigenvalue weighted by Gasteiger charge is -2.49. The number of hydrogen-bond donors (Lipinski definition) is 5. The van der Waals surface area contributed by atoms with Gasteiger partial charge in [-0.05, 0) is 100 Å². The van der Waals surface area contributed by atoms with Crippen LogP contribution in [0.25, 0.3) is 0 Å². The van der Waals surface area contributed by atoms with Crippen molar-refractivity contribution >= 4 is 11.7 Å². The number of carbonyl (C=O) groups is 1. The number of cyclic esters (lactones) is 1. The van der Waals surface area contributed by atoms with Crippen molar-refractivity contribution in [1.29, 1.82) is 0 Å². The van der Waals surface area contributed by atoms with Gasteiger partial charge in [0, 0.05) is 82.5 Å². The van der Waals surface area contributed by atoms with Crippen LogP contribution >= 0.6 is 0 Å². The van der Waals surface area contributed by atoms with E-state index < -0.39 is 107 Å². The van der Waals surface area contributed by atoms with Gasteiger partial charge in [-0.2, -0.15) is 0 Å². The van der Waals surface area contributed by atoms with Gasteiger partial charge in [-0.25, -0.2) is 0 Å². The molecule has 1 aromatic carbocycles. The first-order valence-electron chi connectivity index (χ1n) is 25.7. The van der Waals surface area contributed by atoms with E-state index in [-0.39, 0.29) is 37.0 Å². The lowest BCUT2D eigenvalue weighted by atomic mass is 9.77. The normalized spacial score (nSPS) is 39.1. The summed E-state index contributed by atoms with van der Waals surface area (Å²) >= 11 is 0. The Morgan fingerprint density at radius 1 is 0.958 bits per heavy atom. The highest BCUT2D eigenvalue weighted by Gasteiger charge is 2.53. The Balaban J connectivity index is 1.38. The van der Waals surface area contributed by atoms with Crippen molar-refractivity contribution < 1.29 is 63.7 Å². The van der Waals surface area contributed by atoms with Gasteiger partial charge in [-0.1, -0.05) is 38.1 Å². The zero-order chi connectivity index (χ0) is 53.6. The summed E-state index contributed by atoms with van der Waals surface area (Å²) < 4.78 is 40.0. The molecule has 2 aromatic rings. The number of nitro benzene ring substituents is 1. The Bertz CT molecular complexity index is 2030. The molecule has 3 aliphatic rings. The lowest BCUT2D eigenvalue weighted by Crippen LogP contribution is -2.61. The van der Waals surface area contributed by atoms with Crippen molar-refractivity contribution in [2.24, 2.45) is 17.8 Å². The van der Waals surface area contributed by atoms with Crippen LogP contribution in [0.2, 0.25) is 0 Å². The Labute approximate surface area is 426 Å². The molecule has 21 heteroatoms. The van der Waals surface area contributed by atoms with Crippen molar-refractivity contribution in [1.82, 2.24) is 29.7 Å². The number of methoxy groups -OCH3 is 1. The van der Waals surface area contributed by atoms with Crippen LogP contribution in [0.15, 0.2) is 30.5 Å². The summed E-state index contributed by atoms with van der Waals surface area (Å²) in [5, 5.41) is 79.5. The number of nitrogens with zero attached hydrogens (tertiary/aromatic N) is 7. The zero-order valence-electron chi connectivity index (χ0n) is 45.2. The van der Waals surface area contributed by atoms with Crippen LogP contribution in [-0.4, -0.2) is 204 Å². The number of esters is 1. The number of benzene rings is 1. The molecule has 72 heavy (non-hydrogen) atoms. The number of nitro groups is 1. The number of likely N-dealkylation sites (N-methyl/N-ethyl adjacent to an activating group) is 3. The number of rotatable bonds is 16. The van der Waals surface area contributed by atoms with Crippen molar-refractivity contribution in [3.63, 3.8) is 0 Å². The summed E-state index contributed by atoms with van der Waals surface area (Å²) in [6.45, 7) is 20.3. The number of aromatic nitrogens is 3. The van der Waals surface area contributed by atoms with Crippen molar-refractivity contribution in [3.8, 4) is 0 Å². The molecule has 3 saturated heterocycles. The Hall–Kier alpha value is -3.29. The molecule has 0 amide bonds. The van der Waals surface area contributed by atoms with Crippen LogP contribution in [0, 0.1) is 27.9 Å². The van der Waals surface area contributed by atoms with Crippen molar-refractivity contribution in [2.45, 2.75) is 205 Å². The number of aliphatic hydroxyl groups is 5. The minimum absolute atomic E-state index is 0.0537. The van der Waals surface area contributed by atoms with Crippen LogP contribution in [0.4, 0.5) is 5.69 Å². The first-order chi connectivity index (χ1) is 33.6. The molecule has 3 aliphatic heterocycles. The Kier molecular flexibility index (Phi) is 20.7. The third kappa shape index (κ3) is 14.5. The predicted octanol–water partition coefficient (Wildman–Crippen LogP) is 3.15. The highest BCUT2D eigenvalue weighted by molar-refractivity contribution is 5.73. The molecule has 0 unspecified atom stereocenters. The number of aliphatic hydroxyl groups excluding tert-OH is 3. The maximum Gasteiger partial charge on any atom is 0.311 e. The van der Waals surface area contributed by atoms with E-state index >= 15 is 0 Å². The summed E-state index contributed by atoms with van der Waals surface area (Å²) in [4.78, 5) is 31.2. The molecule has 410 valence electrons. The van der Waals surface area contributed by atoms with E-state index in [1.165, 1.54) is 26.2 Å². The third-order valence-corrected chi connectivity index (χ3v) is 15.7. The molecule has 0 saturated carbocycles. The quantitative estimate of drug-likeness (QED) is 0.0920. The monoisotopic (exact) mass is 1020 g/mol. The van der Waals surface area contributed by atoms with E-state index in [1.54, 1.807) is 58.4 Å². The van der Waals surface area contributed by atoms with Crippen LogP contribution in [0.1, 0.15) is 106 Å². The lowest BCUT2D eigenvalue weighted by molar-refractivity contribution is -0.384. The Morgan fingerprint density at radius 3 is 2.25 bits per heavy atom. The number of carbonyl (C=O) groups excluding carboxylic acids is 1. The number of non-ortho nitro benzene ring substituents is 1. The van der Waals surface area contributed by atoms with E-state index in [0.717, 1.165) is 11.3 Å². The molecule has 21 nitrogen and oxygen atoms in total. The van der Waals surface area contributed by atoms with E-state index in [4.69, 9.17) is 28.4 Å². The smallest absolute Gasteiger partial charge is 0.311 e. The SMILES string of the molecule is CC[C@H]1OC(=O)[C@H](C)[C@@H](O[C@H]2C[C@@](C)(OC)[C@@H](O)[C@H](C)O2)[C@H](C)[C@@H](O[C@@H]2O[C@H](C)C[C@H](N(C)CCc3cn(CCN(C)Cc4ccc([N+](=O)[O-])cc4)nn3)[C@H]2O)[C@](C)(O)C[C@@H](C)CN(C)[C@H](C)[C@@H](O)[C@]1(C)O. The van der Waals surface area contributed by atoms with Crippen LogP contribution in [-0.2, 0) is 52.7 Å². The van der Waals surface area contributed by atoms with Gasteiger partial charge in [-0.3, -0.25) is 19.6 Å². The summed E-state index contributed by atoms with van der Waals surface area (Å²) in [6, 6.07) is 5.51. The van der Waals surface area contributed by atoms with Gasteiger partial charge in [0.25, 0.3) is 5.69 Å². The molecule has 0 spiro atoms. The highest BCUT2D eigenvalue weighted by Crippen LogP contribution is 2.40. The molecular formula is C51H87N7O14. The van der Waals surface area contributed by atoms with E-state index in [0.29, 0.717) is 45.6 Å². The molecule has 0 bridgehead atoms. The summed E-state index contributed by atoms with van der Waals surface area (Å²) in [7, 11) is 7.23. The standard InChI is InChI=1S/C51H87N7O14/c1-15-40-51(10,64)44(60)34(6)56(13)27-30(2)25-49(8,63)46(32(4)43(33(5)47(62)70-40)71-41-26-50(9,67-14)45(61)35(7)69-41)72-48-42(59)39(24-31(3)68-48)55(12)21-20-37-29-57(53-52-37)23-22-54(11)28-36-16-18-38(19-17-36)58(65)66/h16-19,29-35,39-46,48,59-61,63-64H,15,20-28H2,1-14H3/t30-,31-,32+,33-,34-,35+,39+,40-,41+,42-,43+,44-,45+,46-,48+,49-,50-,51-/m1/s1. The average molecular weight is 1020 g/mol. The summed E-state index contributed by atoms with van der Waals surface area (Å²) in [5.41, 5.74) is -2.76. The second-order valence-corrected chi connectivity index (χ2v) is 22.1. The molecule has 0 aliphatic carbocycles. The van der Waals surface area contributed by atoms with E-state index in [2.05, 4.69) is 20.1 Å².